The van der Waals surface area contributed by atoms with E-state index >= 15 is 0 Å². The fraction of sp³-hybridized carbons (Fsp3) is 0.375. The molecule has 0 fully saturated rings. The van der Waals surface area contributed by atoms with Crippen molar-refractivity contribution in [2.75, 3.05) is 4.90 Å². The minimum atomic E-state index is -2.62. The van der Waals surface area contributed by atoms with Crippen LogP contribution >= 0.6 is 0 Å². The second kappa shape index (κ2) is 5.51. The summed E-state index contributed by atoms with van der Waals surface area (Å²) in [7, 11) is 0. The predicted octanol–water partition coefficient (Wildman–Crippen LogP) is 3.11. The Morgan fingerprint density at radius 1 is 1.41 bits per heavy atom. The van der Waals surface area contributed by atoms with Crippen LogP contribution in [0, 0.1) is 6.92 Å². The summed E-state index contributed by atoms with van der Waals surface area (Å²) in [6.07, 6.45) is -1.82. The summed E-state index contributed by atoms with van der Waals surface area (Å²) in [6.45, 7) is 3.63. The van der Waals surface area contributed by atoms with Crippen LogP contribution < -0.4 is 4.90 Å². The van der Waals surface area contributed by atoms with Crippen molar-refractivity contribution < 1.29 is 13.6 Å². The highest BCUT2D eigenvalue weighted by Gasteiger charge is 2.31. The van der Waals surface area contributed by atoms with Gasteiger partial charge in [-0.05, 0) is 38.0 Å². The summed E-state index contributed by atoms with van der Waals surface area (Å²) in [5.41, 5.74) is 2.30. The van der Waals surface area contributed by atoms with Crippen molar-refractivity contribution in [2.45, 2.75) is 39.3 Å². The van der Waals surface area contributed by atoms with Crippen LogP contribution in [0.1, 0.15) is 30.3 Å². The molecule has 22 heavy (non-hydrogen) atoms. The molecule has 0 aliphatic carbocycles. The molecule has 0 N–H and O–H groups in total. The van der Waals surface area contributed by atoms with E-state index in [0.29, 0.717) is 5.69 Å². The van der Waals surface area contributed by atoms with E-state index in [-0.39, 0.29) is 24.2 Å². The van der Waals surface area contributed by atoms with Gasteiger partial charge >= 0.3 is 0 Å². The van der Waals surface area contributed by atoms with E-state index in [9.17, 15) is 13.6 Å². The third kappa shape index (κ3) is 2.49. The molecule has 0 spiro atoms. The number of amides is 1. The SMILES string of the molecule is Cc1cc(C(F)F)nn1CC(=O)N1c2ccccc2CC1C. The minimum Gasteiger partial charge on any atom is -0.307 e. The monoisotopic (exact) mass is 305 g/mol. The number of hydrogen-bond donors (Lipinski definition) is 0. The first-order chi connectivity index (χ1) is 10.5. The molecule has 3 rings (SSSR count). The van der Waals surface area contributed by atoms with Crippen LogP contribution in [0.5, 0.6) is 0 Å². The molecule has 0 bridgehead atoms. The number of benzene rings is 1. The van der Waals surface area contributed by atoms with Gasteiger partial charge in [0.25, 0.3) is 6.43 Å². The van der Waals surface area contributed by atoms with E-state index in [2.05, 4.69) is 5.10 Å². The molecule has 1 unspecified atom stereocenters. The van der Waals surface area contributed by atoms with E-state index in [0.717, 1.165) is 17.7 Å². The van der Waals surface area contributed by atoms with Crippen molar-refractivity contribution in [3.8, 4) is 0 Å². The fourth-order valence-corrected chi connectivity index (χ4v) is 2.95. The van der Waals surface area contributed by atoms with Gasteiger partial charge in [0, 0.05) is 17.4 Å². The number of hydrogen-bond acceptors (Lipinski definition) is 2. The number of anilines is 1. The van der Waals surface area contributed by atoms with Crippen molar-refractivity contribution in [2.24, 2.45) is 0 Å². The third-order valence-electron chi connectivity index (χ3n) is 3.98. The molecule has 2 heterocycles. The number of carbonyl (C=O) groups excluding carboxylic acids is 1. The molecule has 0 saturated heterocycles. The summed E-state index contributed by atoms with van der Waals surface area (Å²) >= 11 is 0. The van der Waals surface area contributed by atoms with Crippen LogP contribution in [-0.2, 0) is 17.8 Å². The average Bonchev–Trinajstić information content (AvgIpc) is 2.98. The van der Waals surface area contributed by atoms with Crippen molar-refractivity contribution in [1.29, 1.82) is 0 Å². The van der Waals surface area contributed by atoms with Crippen molar-refractivity contribution in [1.82, 2.24) is 9.78 Å². The van der Waals surface area contributed by atoms with Gasteiger partial charge < -0.3 is 4.90 Å². The maximum absolute atomic E-state index is 12.7. The zero-order chi connectivity index (χ0) is 15.9. The van der Waals surface area contributed by atoms with Crippen LogP contribution in [0.4, 0.5) is 14.5 Å². The van der Waals surface area contributed by atoms with Crippen LogP contribution in [0.15, 0.2) is 30.3 Å². The first-order valence-corrected chi connectivity index (χ1v) is 7.20. The lowest BCUT2D eigenvalue weighted by Gasteiger charge is -2.23. The van der Waals surface area contributed by atoms with Gasteiger partial charge in [0.1, 0.15) is 12.2 Å². The summed E-state index contributed by atoms with van der Waals surface area (Å²) in [5.74, 6) is -0.135. The van der Waals surface area contributed by atoms with Crippen molar-refractivity contribution in [3.63, 3.8) is 0 Å². The van der Waals surface area contributed by atoms with Gasteiger partial charge in [0.2, 0.25) is 5.91 Å². The molecule has 1 aromatic carbocycles. The van der Waals surface area contributed by atoms with Gasteiger partial charge in [-0.1, -0.05) is 18.2 Å². The Kier molecular flexibility index (Phi) is 3.68. The molecule has 0 saturated carbocycles. The second-order valence-electron chi connectivity index (χ2n) is 5.61. The number of alkyl halides is 2. The molecule has 6 heteroatoms. The van der Waals surface area contributed by atoms with E-state index in [4.69, 9.17) is 0 Å². The molecular weight excluding hydrogens is 288 g/mol. The molecule has 1 atom stereocenters. The van der Waals surface area contributed by atoms with Gasteiger partial charge in [-0.25, -0.2) is 8.78 Å². The molecule has 1 aliphatic rings. The van der Waals surface area contributed by atoms with Crippen molar-refractivity contribution >= 4 is 11.6 Å². The lowest BCUT2D eigenvalue weighted by Crippen LogP contribution is -2.38. The Morgan fingerprint density at radius 3 is 2.82 bits per heavy atom. The van der Waals surface area contributed by atoms with E-state index in [1.807, 2.05) is 31.2 Å². The molecule has 2 aromatic rings. The summed E-state index contributed by atoms with van der Waals surface area (Å²) in [4.78, 5) is 14.3. The van der Waals surface area contributed by atoms with Crippen LogP contribution in [0.3, 0.4) is 0 Å². The Balaban J connectivity index is 1.83. The number of halogens is 2. The lowest BCUT2D eigenvalue weighted by molar-refractivity contribution is -0.119. The van der Waals surface area contributed by atoms with Crippen LogP contribution in [0.25, 0.3) is 0 Å². The van der Waals surface area contributed by atoms with Gasteiger partial charge in [-0.2, -0.15) is 5.10 Å². The maximum Gasteiger partial charge on any atom is 0.282 e. The van der Waals surface area contributed by atoms with E-state index in [1.165, 1.54) is 10.7 Å². The highest BCUT2D eigenvalue weighted by atomic mass is 19.3. The van der Waals surface area contributed by atoms with Gasteiger partial charge in [-0.3, -0.25) is 9.48 Å². The molecule has 4 nitrogen and oxygen atoms in total. The Labute approximate surface area is 127 Å². The van der Waals surface area contributed by atoms with Crippen LogP contribution in [0.2, 0.25) is 0 Å². The Hall–Kier alpha value is -2.24. The normalized spacial score (nSPS) is 17.1. The molecule has 1 aromatic heterocycles. The number of aromatic nitrogens is 2. The molecule has 1 aliphatic heterocycles. The zero-order valence-electron chi connectivity index (χ0n) is 12.5. The summed E-state index contributed by atoms with van der Waals surface area (Å²) < 4.78 is 26.7. The number of carbonyl (C=O) groups is 1. The second-order valence-corrected chi connectivity index (χ2v) is 5.61. The molecular formula is C16H17F2N3O. The lowest BCUT2D eigenvalue weighted by atomic mass is 10.1. The van der Waals surface area contributed by atoms with Gasteiger partial charge in [0.05, 0.1) is 0 Å². The zero-order valence-corrected chi connectivity index (χ0v) is 12.5. The molecule has 1 amide bonds. The van der Waals surface area contributed by atoms with E-state index in [1.54, 1.807) is 11.8 Å². The van der Waals surface area contributed by atoms with Gasteiger partial charge in [-0.15, -0.1) is 0 Å². The van der Waals surface area contributed by atoms with Gasteiger partial charge in [0.15, 0.2) is 0 Å². The number of fused-ring (bicyclic) bond motifs is 1. The molecule has 116 valence electrons. The first-order valence-electron chi connectivity index (χ1n) is 7.20. The maximum atomic E-state index is 12.7. The molecule has 0 radical (unpaired) electrons. The first kappa shape index (κ1) is 14.7. The van der Waals surface area contributed by atoms with E-state index < -0.39 is 6.43 Å². The number of aryl methyl sites for hydroxylation is 1. The predicted molar refractivity (Wildman–Crippen MR) is 79.0 cm³/mol. The Bertz CT molecular complexity index is 711. The topological polar surface area (TPSA) is 38.1 Å². The Morgan fingerprint density at radius 2 is 2.14 bits per heavy atom. The minimum absolute atomic E-state index is 0.0305. The van der Waals surface area contributed by atoms with Crippen LogP contribution in [-0.4, -0.2) is 21.7 Å². The van der Waals surface area contributed by atoms with Crippen molar-refractivity contribution in [3.05, 3.63) is 47.3 Å². The quantitative estimate of drug-likeness (QED) is 0.874. The number of rotatable bonds is 3. The largest absolute Gasteiger partial charge is 0.307 e. The third-order valence-corrected chi connectivity index (χ3v) is 3.98. The highest BCUT2D eigenvalue weighted by molar-refractivity contribution is 5.96. The standard InChI is InChI=1S/C16H17F2N3O/c1-10-8-13(16(17)18)19-20(10)9-15(22)21-11(2)7-12-5-3-4-6-14(12)21/h3-6,8,11,16H,7,9H2,1-2H3. The highest BCUT2D eigenvalue weighted by Crippen LogP contribution is 2.32. The summed E-state index contributed by atoms with van der Waals surface area (Å²) in [6, 6.07) is 9.15. The smallest absolute Gasteiger partial charge is 0.282 e. The number of nitrogens with zero attached hydrogens (tertiary/aromatic N) is 3. The summed E-state index contributed by atoms with van der Waals surface area (Å²) in [5, 5.41) is 3.82. The number of para-hydroxylation sites is 1. The average molecular weight is 305 g/mol. The fourth-order valence-electron chi connectivity index (χ4n) is 2.95.